The SMILES string of the molecule is C=CCN(Cc1ccccn1)C(=O)[C@@H](C)Oc1cc(C)ccc1C. The Morgan fingerprint density at radius 2 is 2.12 bits per heavy atom. The van der Waals surface area contributed by atoms with Crippen molar-refractivity contribution in [1.29, 1.82) is 0 Å². The number of hydrogen-bond acceptors (Lipinski definition) is 3. The van der Waals surface area contributed by atoms with Crippen molar-refractivity contribution in [3.8, 4) is 5.75 Å². The molecule has 1 atom stereocenters. The van der Waals surface area contributed by atoms with Crippen molar-refractivity contribution in [1.82, 2.24) is 9.88 Å². The third-order valence-corrected chi connectivity index (χ3v) is 3.74. The molecule has 1 aromatic heterocycles. The molecule has 0 saturated carbocycles. The second kappa shape index (κ2) is 8.29. The predicted molar refractivity (Wildman–Crippen MR) is 95.9 cm³/mol. The molecule has 0 fully saturated rings. The minimum Gasteiger partial charge on any atom is -0.481 e. The van der Waals surface area contributed by atoms with Gasteiger partial charge in [0.15, 0.2) is 6.10 Å². The van der Waals surface area contributed by atoms with Gasteiger partial charge in [-0.05, 0) is 50.1 Å². The van der Waals surface area contributed by atoms with E-state index < -0.39 is 6.10 Å². The molecule has 126 valence electrons. The Morgan fingerprint density at radius 3 is 2.79 bits per heavy atom. The fourth-order valence-corrected chi connectivity index (χ4v) is 2.41. The Morgan fingerprint density at radius 1 is 1.33 bits per heavy atom. The minimum absolute atomic E-state index is 0.0820. The predicted octanol–water partition coefficient (Wildman–Crippen LogP) is 3.68. The molecule has 0 radical (unpaired) electrons. The van der Waals surface area contributed by atoms with Crippen LogP contribution < -0.4 is 4.74 Å². The number of aryl methyl sites for hydroxylation is 2. The number of aromatic nitrogens is 1. The van der Waals surface area contributed by atoms with Gasteiger partial charge in [-0.3, -0.25) is 9.78 Å². The Kier molecular flexibility index (Phi) is 6.13. The van der Waals surface area contributed by atoms with Crippen molar-refractivity contribution in [3.63, 3.8) is 0 Å². The zero-order chi connectivity index (χ0) is 17.5. The van der Waals surface area contributed by atoms with Gasteiger partial charge in [0.1, 0.15) is 5.75 Å². The van der Waals surface area contributed by atoms with E-state index in [0.717, 1.165) is 22.6 Å². The second-order valence-electron chi connectivity index (χ2n) is 5.86. The van der Waals surface area contributed by atoms with E-state index in [-0.39, 0.29) is 5.91 Å². The summed E-state index contributed by atoms with van der Waals surface area (Å²) in [4.78, 5) is 18.7. The third-order valence-electron chi connectivity index (χ3n) is 3.74. The summed E-state index contributed by atoms with van der Waals surface area (Å²) >= 11 is 0. The number of amides is 1. The first-order valence-electron chi connectivity index (χ1n) is 8.04. The largest absolute Gasteiger partial charge is 0.481 e. The highest BCUT2D eigenvalue weighted by Gasteiger charge is 2.22. The summed E-state index contributed by atoms with van der Waals surface area (Å²) in [5.41, 5.74) is 2.96. The summed E-state index contributed by atoms with van der Waals surface area (Å²) < 4.78 is 5.91. The summed E-state index contributed by atoms with van der Waals surface area (Å²) in [5, 5.41) is 0. The average molecular weight is 324 g/mol. The summed E-state index contributed by atoms with van der Waals surface area (Å²) in [6.45, 7) is 10.4. The van der Waals surface area contributed by atoms with Crippen LogP contribution in [-0.4, -0.2) is 28.4 Å². The number of benzene rings is 1. The van der Waals surface area contributed by atoms with Crippen LogP contribution in [-0.2, 0) is 11.3 Å². The summed E-state index contributed by atoms with van der Waals surface area (Å²) in [5.74, 6) is 0.661. The normalized spacial score (nSPS) is 11.6. The summed E-state index contributed by atoms with van der Waals surface area (Å²) in [7, 11) is 0. The van der Waals surface area contributed by atoms with Crippen LogP contribution >= 0.6 is 0 Å². The van der Waals surface area contributed by atoms with Crippen molar-refractivity contribution < 1.29 is 9.53 Å². The Hall–Kier alpha value is -2.62. The molecule has 2 rings (SSSR count). The van der Waals surface area contributed by atoms with Gasteiger partial charge in [0.05, 0.1) is 12.2 Å². The maximum Gasteiger partial charge on any atom is 0.263 e. The maximum atomic E-state index is 12.8. The molecule has 4 nitrogen and oxygen atoms in total. The van der Waals surface area contributed by atoms with E-state index in [0.29, 0.717) is 13.1 Å². The summed E-state index contributed by atoms with van der Waals surface area (Å²) in [6.07, 6.45) is 2.86. The van der Waals surface area contributed by atoms with Crippen molar-refractivity contribution in [2.75, 3.05) is 6.54 Å². The van der Waals surface area contributed by atoms with Crippen molar-refractivity contribution >= 4 is 5.91 Å². The molecule has 1 amide bonds. The van der Waals surface area contributed by atoms with E-state index in [4.69, 9.17) is 4.74 Å². The number of nitrogens with zero attached hydrogens (tertiary/aromatic N) is 2. The van der Waals surface area contributed by atoms with Gasteiger partial charge in [0.25, 0.3) is 5.91 Å². The molecule has 0 aliphatic heterocycles. The van der Waals surface area contributed by atoms with Gasteiger partial charge in [-0.2, -0.15) is 0 Å². The second-order valence-corrected chi connectivity index (χ2v) is 5.86. The molecule has 0 bridgehead atoms. The molecular formula is C20H24N2O2. The van der Waals surface area contributed by atoms with Crippen LogP contribution in [0.4, 0.5) is 0 Å². The number of pyridine rings is 1. The number of ether oxygens (including phenoxy) is 1. The molecule has 0 spiro atoms. The van der Waals surface area contributed by atoms with Gasteiger partial charge in [-0.1, -0.05) is 24.3 Å². The lowest BCUT2D eigenvalue weighted by Gasteiger charge is -2.25. The number of carbonyl (C=O) groups is 1. The molecule has 0 aliphatic carbocycles. The fourth-order valence-electron chi connectivity index (χ4n) is 2.41. The molecule has 1 heterocycles. The molecule has 2 aromatic rings. The number of hydrogen-bond donors (Lipinski definition) is 0. The van der Waals surface area contributed by atoms with Gasteiger partial charge in [-0.15, -0.1) is 6.58 Å². The fraction of sp³-hybridized carbons (Fsp3) is 0.300. The minimum atomic E-state index is -0.575. The highest BCUT2D eigenvalue weighted by atomic mass is 16.5. The van der Waals surface area contributed by atoms with Gasteiger partial charge in [-0.25, -0.2) is 0 Å². The van der Waals surface area contributed by atoms with E-state index in [2.05, 4.69) is 11.6 Å². The lowest BCUT2D eigenvalue weighted by atomic mass is 10.1. The Labute approximate surface area is 143 Å². The molecule has 24 heavy (non-hydrogen) atoms. The van der Waals surface area contributed by atoms with E-state index in [1.807, 2.05) is 50.2 Å². The smallest absolute Gasteiger partial charge is 0.263 e. The summed E-state index contributed by atoms with van der Waals surface area (Å²) in [6, 6.07) is 11.6. The topological polar surface area (TPSA) is 42.4 Å². The van der Waals surface area contributed by atoms with E-state index >= 15 is 0 Å². The van der Waals surface area contributed by atoms with Gasteiger partial charge >= 0.3 is 0 Å². The molecule has 1 aromatic carbocycles. The van der Waals surface area contributed by atoms with Crippen molar-refractivity contribution in [3.05, 3.63) is 72.1 Å². The van der Waals surface area contributed by atoms with Gasteiger partial charge in [0.2, 0.25) is 0 Å². The number of carbonyl (C=O) groups excluding carboxylic acids is 1. The molecule has 4 heteroatoms. The molecular weight excluding hydrogens is 300 g/mol. The highest BCUT2D eigenvalue weighted by Crippen LogP contribution is 2.21. The zero-order valence-electron chi connectivity index (χ0n) is 14.5. The highest BCUT2D eigenvalue weighted by molar-refractivity contribution is 5.81. The van der Waals surface area contributed by atoms with Gasteiger partial charge in [0, 0.05) is 12.7 Å². The maximum absolute atomic E-state index is 12.8. The monoisotopic (exact) mass is 324 g/mol. The number of rotatable bonds is 7. The Bertz CT molecular complexity index is 698. The molecule has 0 aliphatic rings. The first kappa shape index (κ1) is 17.7. The first-order chi connectivity index (χ1) is 11.5. The van der Waals surface area contributed by atoms with Crippen LogP contribution in [0.15, 0.2) is 55.3 Å². The van der Waals surface area contributed by atoms with Crippen LogP contribution in [0.5, 0.6) is 5.75 Å². The van der Waals surface area contributed by atoms with Crippen LogP contribution in [0.1, 0.15) is 23.7 Å². The quantitative estimate of drug-likeness (QED) is 0.730. The van der Waals surface area contributed by atoms with Crippen LogP contribution in [0, 0.1) is 13.8 Å². The van der Waals surface area contributed by atoms with E-state index in [9.17, 15) is 4.79 Å². The molecule has 0 saturated heterocycles. The van der Waals surface area contributed by atoms with E-state index in [1.54, 1.807) is 24.1 Å². The molecule has 0 N–H and O–H groups in total. The standard InChI is InChI=1S/C20H24N2O2/c1-5-12-22(14-18-8-6-7-11-21-18)20(23)17(4)24-19-13-15(2)9-10-16(19)3/h5-11,13,17H,1,12,14H2,2-4H3/t17-/m1/s1. The lowest BCUT2D eigenvalue weighted by Crippen LogP contribution is -2.40. The zero-order valence-corrected chi connectivity index (χ0v) is 14.5. The van der Waals surface area contributed by atoms with Crippen LogP contribution in [0.3, 0.4) is 0 Å². The van der Waals surface area contributed by atoms with Gasteiger partial charge < -0.3 is 9.64 Å². The first-order valence-corrected chi connectivity index (χ1v) is 8.04. The third kappa shape index (κ3) is 4.69. The Balaban J connectivity index is 2.10. The molecule has 0 unspecified atom stereocenters. The van der Waals surface area contributed by atoms with Crippen molar-refractivity contribution in [2.24, 2.45) is 0 Å². The van der Waals surface area contributed by atoms with Crippen LogP contribution in [0.25, 0.3) is 0 Å². The van der Waals surface area contributed by atoms with E-state index in [1.165, 1.54) is 0 Å². The average Bonchev–Trinajstić information content (AvgIpc) is 2.58. The lowest BCUT2D eigenvalue weighted by molar-refractivity contribution is -0.138. The van der Waals surface area contributed by atoms with Crippen molar-refractivity contribution in [2.45, 2.75) is 33.4 Å². The van der Waals surface area contributed by atoms with Crippen LogP contribution in [0.2, 0.25) is 0 Å².